The minimum Gasteiger partial charge on any atom is -0.283 e. The second kappa shape index (κ2) is 7.85. The van der Waals surface area contributed by atoms with Gasteiger partial charge in [-0.3, -0.25) is 19.0 Å². The van der Waals surface area contributed by atoms with Gasteiger partial charge in [0.25, 0.3) is 5.56 Å². The molecule has 5 nitrogen and oxygen atoms in total. The molecule has 0 unspecified atom stereocenters. The van der Waals surface area contributed by atoms with Gasteiger partial charge in [0.05, 0.1) is 22.6 Å². The van der Waals surface area contributed by atoms with E-state index in [4.69, 9.17) is 4.99 Å². The fraction of sp³-hybridized carbons (Fsp3) is 0.280. The highest BCUT2D eigenvalue weighted by Crippen LogP contribution is 2.25. The molecule has 2 aromatic carbocycles. The predicted molar refractivity (Wildman–Crippen MR) is 128 cm³/mol. The quantitative estimate of drug-likeness (QED) is 0.449. The third-order valence-corrected chi connectivity index (χ3v) is 6.06. The normalized spacial score (nSPS) is 12.5. The summed E-state index contributed by atoms with van der Waals surface area (Å²) in [7, 11) is 1.92. The maximum atomic E-state index is 13.7. The van der Waals surface area contributed by atoms with E-state index in [1.165, 1.54) is 5.56 Å². The average Bonchev–Trinajstić information content (AvgIpc) is 3.20. The Bertz CT molecular complexity index is 1340. The Morgan fingerprint density at radius 2 is 1.58 bits per heavy atom. The summed E-state index contributed by atoms with van der Waals surface area (Å²) in [5, 5.41) is 2.09. The van der Waals surface area contributed by atoms with Crippen molar-refractivity contribution in [3.8, 4) is 22.6 Å². The molecule has 2 aromatic heterocycles. The lowest BCUT2D eigenvalue weighted by Crippen LogP contribution is -2.27. The van der Waals surface area contributed by atoms with Gasteiger partial charge in [0, 0.05) is 12.4 Å². The first-order valence-corrected chi connectivity index (χ1v) is 11.2. The monoisotopic (exact) mass is 432 g/mol. The summed E-state index contributed by atoms with van der Waals surface area (Å²) in [6.07, 6.45) is 0. The first-order valence-electron chi connectivity index (χ1n) is 10.4. The van der Waals surface area contributed by atoms with E-state index in [0.717, 1.165) is 27.4 Å². The summed E-state index contributed by atoms with van der Waals surface area (Å²) < 4.78 is 5.66. The Morgan fingerprint density at radius 3 is 2.19 bits per heavy atom. The first kappa shape index (κ1) is 21.1. The molecule has 4 rings (SSSR count). The van der Waals surface area contributed by atoms with Gasteiger partial charge in [-0.25, -0.2) is 4.68 Å². The van der Waals surface area contributed by atoms with E-state index in [1.54, 1.807) is 16.0 Å². The molecule has 0 N–H and O–H groups in total. The van der Waals surface area contributed by atoms with E-state index in [2.05, 4.69) is 57.3 Å². The molecule has 0 saturated heterocycles. The Morgan fingerprint density at radius 1 is 0.935 bits per heavy atom. The maximum absolute atomic E-state index is 13.7. The van der Waals surface area contributed by atoms with Gasteiger partial charge in [-0.05, 0) is 52.3 Å². The van der Waals surface area contributed by atoms with Crippen molar-refractivity contribution in [3.63, 3.8) is 0 Å². The van der Waals surface area contributed by atoms with Crippen LogP contribution in [0, 0.1) is 13.8 Å². The minimum atomic E-state index is -0.266. The van der Waals surface area contributed by atoms with Crippen LogP contribution in [0.1, 0.15) is 32.0 Å². The third kappa shape index (κ3) is 3.95. The van der Waals surface area contributed by atoms with Crippen molar-refractivity contribution in [2.75, 3.05) is 0 Å². The summed E-state index contributed by atoms with van der Waals surface area (Å²) >= 11 is 1.56. The zero-order chi connectivity index (χ0) is 22.3. The number of rotatable bonds is 3. The van der Waals surface area contributed by atoms with Gasteiger partial charge < -0.3 is 0 Å². The smallest absolute Gasteiger partial charge is 0.283 e. The molecule has 0 radical (unpaired) electrons. The van der Waals surface area contributed by atoms with E-state index in [-0.39, 0.29) is 11.1 Å². The summed E-state index contributed by atoms with van der Waals surface area (Å²) in [6.45, 7) is 10.3. The molecular weight excluding hydrogens is 404 g/mol. The van der Waals surface area contributed by atoms with E-state index in [0.29, 0.717) is 5.69 Å². The first-order chi connectivity index (χ1) is 14.7. The predicted octanol–water partition coefficient (Wildman–Crippen LogP) is 5.01. The second-order valence-electron chi connectivity index (χ2n) is 8.80. The van der Waals surface area contributed by atoms with Crippen molar-refractivity contribution in [1.29, 1.82) is 0 Å². The Hall–Kier alpha value is -3.12. The molecule has 2 heterocycles. The van der Waals surface area contributed by atoms with Crippen LogP contribution in [0.3, 0.4) is 0 Å². The van der Waals surface area contributed by atoms with Gasteiger partial charge >= 0.3 is 0 Å². The zero-order valence-electron chi connectivity index (χ0n) is 18.9. The molecule has 0 aliphatic heterocycles. The fourth-order valence-corrected chi connectivity index (χ4v) is 4.71. The van der Waals surface area contributed by atoms with Crippen molar-refractivity contribution in [3.05, 3.63) is 86.4 Å². The Kier molecular flexibility index (Phi) is 5.35. The van der Waals surface area contributed by atoms with Crippen LogP contribution < -0.4 is 10.4 Å². The van der Waals surface area contributed by atoms with Crippen LogP contribution in [0.2, 0.25) is 0 Å². The van der Waals surface area contributed by atoms with Crippen LogP contribution in [0.4, 0.5) is 0 Å². The lowest BCUT2D eigenvalue weighted by molar-refractivity contribution is 0.562. The Labute approximate surface area is 186 Å². The van der Waals surface area contributed by atoms with Crippen LogP contribution >= 0.6 is 11.3 Å². The molecule has 31 heavy (non-hydrogen) atoms. The van der Waals surface area contributed by atoms with Crippen LogP contribution in [-0.2, 0) is 7.05 Å². The number of nitrogens with zero attached hydrogens (tertiary/aromatic N) is 4. The molecule has 0 bridgehead atoms. The summed E-state index contributed by atoms with van der Waals surface area (Å²) in [4.78, 5) is 19.5. The van der Waals surface area contributed by atoms with Crippen LogP contribution in [0.15, 0.2) is 69.8 Å². The fourth-order valence-electron chi connectivity index (χ4n) is 3.63. The van der Waals surface area contributed by atoms with Gasteiger partial charge in [-0.2, -0.15) is 0 Å². The average molecular weight is 433 g/mol. The number of para-hydroxylation sites is 1. The molecule has 160 valence electrons. The van der Waals surface area contributed by atoms with Gasteiger partial charge in [0.15, 0.2) is 4.80 Å². The molecule has 0 amide bonds. The van der Waals surface area contributed by atoms with Crippen molar-refractivity contribution in [2.24, 2.45) is 12.0 Å². The highest BCUT2D eigenvalue weighted by Gasteiger charge is 2.22. The van der Waals surface area contributed by atoms with Gasteiger partial charge in [-0.15, -0.1) is 11.3 Å². The summed E-state index contributed by atoms with van der Waals surface area (Å²) in [5.41, 5.74) is 5.26. The number of thiazole rings is 1. The number of aromatic nitrogens is 3. The Balaban J connectivity index is 2.07. The highest BCUT2D eigenvalue weighted by molar-refractivity contribution is 7.07. The topological polar surface area (TPSA) is 44.2 Å². The molecule has 4 aromatic rings. The largest absolute Gasteiger partial charge is 0.296 e. The van der Waals surface area contributed by atoms with Crippen LogP contribution in [0.25, 0.3) is 22.6 Å². The van der Waals surface area contributed by atoms with Crippen molar-refractivity contribution < 1.29 is 0 Å². The van der Waals surface area contributed by atoms with Crippen molar-refractivity contribution in [2.45, 2.75) is 40.2 Å². The molecule has 0 aliphatic rings. The third-order valence-electron chi connectivity index (χ3n) is 5.23. The molecule has 0 atom stereocenters. The lowest BCUT2D eigenvalue weighted by atomic mass is 10.1. The van der Waals surface area contributed by atoms with Crippen LogP contribution in [-0.4, -0.2) is 19.5 Å². The van der Waals surface area contributed by atoms with Gasteiger partial charge in [0.2, 0.25) is 0 Å². The molecule has 0 spiro atoms. The molecule has 0 fully saturated rings. The number of hydrogen-bond acceptors (Lipinski definition) is 3. The van der Waals surface area contributed by atoms with Crippen molar-refractivity contribution in [1.82, 2.24) is 13.9 Å². The summed E-state index contributed by atoms with van der Waals surface area (Å²) in [5.74, 6) is 0. The number of benzene rings is 2. The zero-order valence-corrected chi connectivity index (χ0v) is 19.7. The van der Waals surface area contributed by atoms with Crippen molar-refractivity contribution >= 4 is 11.3 Å². The van der Waals surface area contributed by atoms with E-state index < -0.39 is 0 Å². The standard InChI is InChI=1S/C25H28N4OS/c1-17-12-14-19(15-13-17)21-16-31-24(26-25(3,4)5)28(21)22-18(2)27(6)29(23(22)30)20-10-8-7-9-11-20/h7-16H,1-6H3. The summed E-state index contributed by atoms with van der Waals surface area (Å²) in [6, 6.07) is 18.1. The molecule has 6 heteroatoms. The number of hydrogen-bond donors (Lipinski definition) is 0. The minimum absolute atomic E-state index is 0.0617. The van der Waals surface area contributed by atoms with E-state index in [9.17, 15) is 4.79 Å². The van der Waals surface area contributed by atoms with Gasteiger partial charge in [-0.1, -0.05) is 48.0 Å². The maximum Gasteiger partial charge on any atom is 0.296 e. The SMILES string of the molecule is Cc1ccc(-c2csc(=NC(C)(C)C)n2-c2c(C)n(C)n(-c3ccccc3)c2=O)cc1. The van der Waals surface area contributed by atoms with E-state index >= 15 is 0 Å². The molecule has 0 saturated carbocycles. The number of aryl methyl sites for hydroxylation is 1. The second-order valence-corrected chi connectivity index (χ2v) is 9.63. The van der Waals surface area contributed by atoms with E-state index in [1.807, 2.05) is 53.6 Å². The highest BCUT2D eigenvalue weighted by atomic mass is 32.1. The van der Waals surface area contributed by atoms with Crippen LogP contribution in [0.5, 0.6) is 0 Å². The van der Waals surface area contributed by atoms with Gasteiger partial charge in [0.1, 0.15) is 5.69 Å². The molecular formula is C25H28N4OS. The lowest BCUT2D eigenvalue weighted by Gasteiger charge is -2.13. The molecule has 0 aliphatic carbocycles.